The number of nitrogens with one attached hydrogen (secondary N) is 1. The number of rotatable bonds is 2. The van der Waals surface area contributed by atoms with Crippen LogP contribution >= 0.6 is 0 Å². The zero-order chi connectivity index (χ0) is 11.4. The topological polar surface area (TPSA) is 44.6 Å². The minimum absolute atomic E-state index is 0.0756. The molecule has 0 bridgehead atoms. The van der Waals surface area contributed by atoms with Crippen molar-refractivity contribution in [3.8, 4) is 0 Å². The second kappa shape index (κ2) is 5.17. The van der Waals surface area contributed by atoms with E-state index < -0.39 is 0 Å². The predicted octanol–water partition coefficient (Wildman–Crippen LogP) is 2.10. The summed E-state index contributed by atoms with van der Waals surface area (Å²) in [6, 6.07) is 0. The van der Waals surface area contributed by atoms with E-state index >= 15 is 0 Å². The Morgan fingerprint density at radius 1 is 1.44 bits per heavy atom. The Morgan fingerprint density at radius 3 is 2.94 bits per heavy atom. The fourth-order valence-electron chi connectivity index (χ4n) is 3.06. The molecule has 1 saturated carbocycles. The average Bonchev–Trinajstić information content (AvgIpc) is 2.30. The first kappa shape index (κ1) is 11.9. The smallest absolute Gasteiger partial charge is 0.0968 e. The van der Waals surface area contributed by atoms with Crippen LogP contribution in [0, 0.1) is 5.92 Å². The molecule has 2 atom stereocenters. The lowest BCUT2D eigenvalue weighted by Crippen LogP contribution is -2.54. The van der Waals surface area contributed by atoms with Crippen LogP contribution in [0.25, 0.3) is 0 Å². The molecule has 1 aliphatic carbocycles. The van der Waals surface area contributed by atoms with Crippen LogP contribution in [0.5, 0.6) is 0 Å². The van der Waals surface area contributed by atoms with E-state index in [0.717, 1.165) is 37.6 Å². The molecule has 2 rings (SSSR count). The highest BCUT2D eigenvalue weighted by atomic mass is 16.3. The average molecular weight is 224 g/mol. The highest BCUT2D eigenvalue weighted by Crippen LogP contribution is 2.32. The molecule has 0 spiro atoms. The van der Waals surface area contributed by atoms with Crippen LogP contribution in [0.15, 0.2) is 4.99 Å². The van der Waals surface area contributed by atoms with Crippen molar-refractivity contribution in [3.05, 3.63) is 0 Å². The quantitative estimate of drug-likeness (QED) is 0.754. The maximum Gasteiger partial charge on any atom is 0.0968 e. The first-order valence-electron chi connectivity index (χ1n) is 6.66. The number of nitrogens with zero attached hydrogens (tertiary/aromatic N) is 1. The van der Waals surface area contributed by atoms with Gasteiger partial charge in [0.1, 0.15) is 0 Å². The first-order chi connectivity index (χ1) is 7.74. The molecule has 0 aromatic carbocycles. The van der Waals surface area contributed by atoms with Gasteiger partial charge in [-0.2, -0.15) is 0 Å². The van der Waals surface area contributed by atoms with Gasteiger partial charge >= 0.3 is 0 Å². The summed E-state index contributed by atoms with van der Waals surface area (Å²) in [7, 11) is 0. The van der Waals surface area contributed by atoms with E-state index in [1.807, 2.05) is 0 Å². The minimum Gasteiger partial charge on any atom is -0.394 e. The Hall–Kier alpha value is -0.570. The Kier molecular flexibility index (Phi) is 3.85. The van der Waals surface area contributed by atoms with Gasteiger partial charge in [0.05, 0.1) is 18.0 Å². The monoisotopic (exact) mass is 224 g/mol. The lowest BCUT2D eigenvalue weighted by Gasteiger charge is -2.40. The Balaban J connectivity index is 2.00. The summed E-state index contributed by atoms with van der Waals surface area (Å²) in [6.07, 6.45) is 8.22. The molecular formula is C13H24N2O. The van der Waals surface area contributed by atoms with Crippen LogP contribution < -0.4 is 5.32 Å². The molecule has 0 aromatic heterocycles. The van der Waals surface area contributed by atoms with E-state index in [0.29, 0.717) is 0 Å². The van der Waals surface area contributed by atoms with Gasteiger partial charge in [-0.05, 0) is 31.6 Å². The molecule has 2 N–H and O–H groups in total. The van der Waals surface area contributed by atoms with Gasteiger partial charge in [-0.3, -0.25) is 4.99 Å². The number of hydrogen-bond acceptors (Lipinski definition) is 3. The molecule has 16 heavy (non-hydrogen) atoms. The van der Waals surface area contributed by atoms with Crippen LogP contribution in [0.2, 0.25) is 0 Å². The lowest BCUT2D eigenvalue weighted by molar-refractivity contribution is 0.116. The van der Waals surface area contributed by atoms with Crippen LogP contribution in [0.3, 0.4) is 0 Å². The summed E-state index contributed by atoms with van der Waals surface area (Å²) in [6.45, 7) is 3.49. The third kappa shape index (κ3) is 2.76. The van der Waals surface area contributed by atoms with Gasteiger partial charge in [0.2, 0.25) is 0 Å². The maximum atomic E-state index is 9.67. The molecule has 1 aliphatic heterocycles. The largest absolute Gasteiger partial charge is 0.394 e. The molecule has 2 unspecified atom stereocenters. The van der Waals surface area contributed by atoms with E-state index in [-0.39, 0.29) is 12.1 Å². The van der Waals surface area contributed by atoms with Gasteiger partial charge in [-0.1, -0.05) is 19.8 Å². The third-order valence-corrected chi connectivity index (χ3v) is 3.93. The van der Waals surface area contributed by atoms with Gasteiger partial charge in [0.25, 0.3) is 0 Å². The fraction of sp³-hybridized carbons (Fsp3) is 0.923. The molecule has 3 nitrogen and oxygen atoms in total. The molecular weight excluding hydrogens is 200 g/mol. The zero-order valence-electron chi connectivity index (χ0n) is 10.3. The summed E-state index contributed by atoms with van der Waals surface area (Å²) >= 11 is 0. The van der Waals surface area contributed by atoms with Gasteiger partial charge < -0.3 is 10.4 Å². The fourth-order valence-corrected chi connectivity index (χ4v) is 3.06. The predicted molar refractivity (Wildman–Crippen MR) is 66.7 cm³/mol. The maximum absolute atomic E-state index is 9.67. The molecule has 1 heterocycles. The van der Waals surface area contributed by atoms with E-state index in [1.54, 1.807) is 0 Å². The minimum atomic E-state index is -0.0756. The molecule has 0 amide bonds. The van der Waals surface area contributed by atoms with Crippen molar-refractivity contribution in [2.24, 2.45) is 10.9 Å². The normalized spacial score (nSPS) is 35.6. The molecule has 0 saturated heterocycles. The number of amidine groups is 1. The summed E-state index contributed by atoms with van der Waals surface area (Å²) < 4.78 is 0. The van der Waals surface area contributed by atoms with Crippen molar-refractivity contribution in [2.45, 2.75) is 57.4 Å². The molecule has 3 heteroatoms. The second-order valence-electron chi connectivity index (χ2n) is 5.55. The summed E-state index contributed by atoms with van der Waals surface area (Å²) in [5, 5.41) is 13.2. The summed E-state index contributed by atoms with van der Waals surface area (Å²) in [5.41, 5.74) is -0.0756. The van der Waals surface area contributed by atoms with Crippen molar-refractivity contribution in [3.63, 3.8) is 0 Å². The van der Waals surface area contributed by atoms with Crippen LogP contribution in [0.4, 0.5) is 0 Å². The number of aliphatic imine (C=N–C) groups is 1. The van der Waals surface area contributed by atoms with Crippen molar-refractivity contribution in [2.75, 3.05) is 13.2 Å². The van der Waals surface area contributed by atoms with Crippen LogP contribution in [-0.4, -0.2) is 29.6 Å². The van der Waals surface area contributed by atoms with Crippen LogP contribution in [0.1, 0.15) is 51.9 Å². The van der Waals surface area contributed by atoms with Crippen LogP contribution in [-0.2, 0) is 0 Å². The van der Waals surface area contributed by atoms with Crippen molar-refractivity contribution in [1.29, 1.82) is 0 Å². The molecule has 92 valence electrons. The van der Waals surface area contributed by atoms with E-state index in [1.165, 1.54) is 25.7 Å². The number of aliphatic hydroxyl groups is 1. The van der Waals surface area contributed by atoms with Gasteiger partial charge in [-0.25, -0.2) is 0 Å². The van der Waals surface area contributed by atoms with Crippen molar-refractivity contribution in [1.82, 2.24) is 5.32 Å². The SMILES string of the molecule is CC1CCCC(CO)(NC2=NCCCC2)C1. The molecule has 0 radical (unpaired) electrons. The number of aliphatic hydroxyl groups excluding tert-OH is 1. The highest BCUT2D eigenvalue weighted by molar-refractivity contribution is 5.83. The Labute approximate surface area is 98.3 Å². The summed E-state index contributed by atoms with van der Waals surface area (Å²) in [4.78, 5) is 4.54. The first-order valence-corrected chi connectivity index (χ1v) is 6.66. The standard InChI is InChI=1S/C13H24N2O/c1-11-5-4-7-13(9-11,10-16)15-12-6-2-3-8-14-12/h11,16H,2-10H2,1H3,(H,14,15). The van der Waals surface area contributed by atoms with Gasteiger partial charge in [0, 0.05) is 13.0 Å². The van der Waals surface area contributed by atoms with E-state index in [9.17, 15) is 5.11 Å². The van der Waals surface area contributed by atoms with E-state index in [2.05, 4.69) is 17.2 Å². The number of hydrogen-bond donors (Lipinski definition) is 2. The lowest BCUT2D eigenvalue weighted by atomic mass is 9.76. The van der Waals surface area contributed by atoms with Crippen molar-refractivity contribution >= 4 is 5.84 Å². The van der Waals surface area contributed by atoms with Gasteiger partial charge in [-0.15, -0.1) is 0 Å². The Bertz CT molecular complexity index is 265. The summed E-state index contributed by atoms with van der Waals surface area (Å²) in [5.74, 6) is 1.85. The molecule has 1 fully saturated rings. The van der Waals surface area contributed by atoms with Gasteiger partial charge in [0.15, 0.2) is 0 Å². The van der Waals surface area contributed by atoms with Crippen molar-refractivity contribution < 1.29 is 5.11 Å². The second-order valence-corrected chi connectivity index (χ2v) is 5.55. The Morgan fingerprint density at radius 2 is 2.31 bits per heavy atom. The molecule has 2 aliphatic rings. The van der Waals surface area contributed by atoms with E-state index in [4.69, 9.17) is 0 Å². The molecule has 0 aromatic rings. The highest BCUT2D eigenvalue weighted by Gasteiger charge is 2.35. The zero-order valence-corrected chi connectivity index (χ0v) is 10.3. The third-order valence-electron chi connectivity index (χ3n) is 3.93.